The van der Waals surface area contributed by atoms with Crippen LogP contribution in [0.5, 0.6) is 0 Å². The number of carbonyl (C=O) groups excluding carboxylic acids is 1. The van der Waals surface area contributed by atoms with Crippen LogP contribution in [-0.4, -0.2) is 54.9 Å². The van der Waals surface area contributed by atoms with Crippen LogP contribution in [0.3, 0.4) is 0 Å². The summed E-state index contributed by atoms with van der Waals surface area (Å²) in [6.45, 7) is 6.17. The molecule has 2 aromatic carbocycles. The normalized spacial score (nSPS) is 19.3. The second-order valence-electron chi connectivity index (χ2n) is 9.33. The fourth-order valence-electron chi connectivity index (χ4n) is 4.62. The number of nitrogens with zero attached hydrogens (tertiary/aromatic N) is 1. The molecule has 33 heavy (non-hydrogen) atoms. The van der Waals surface area contributed by atoms with Crippen LogP contribution in [0.2, 0.25) is 0 Å². The number of anilines is 1. The first kappa shape index (κ1) is 23.0. The number of likely N-dealkylation sites (N-methyl/N-ethyl adjacent to an activating group) is 1. The highest BCUT2D eigenvalue weighted by atomic mass is 19.1. The minimum absolute atomic E-state index is 0.109. The van der Waals surface area contributed by atoms with Crippen molar-refractivity contribution >= 4 is 22.7 Å². The zero-order valence-corrected chi connectivity index (χ0v) is 19.5. The summed E-state index contributed by atoms with van der Waals surface area (Å²) in [6, 6.07) is 8.50. The summed E-state index contributed by atoms with van der Waals surface area (Å²) in [4.78, 5) is 17.3. The summed E-state index contributed by atoms with van der Waals surface area (Å²) in [7, 11) is 3.74. The van der Waals surface area contributed by atoms with Crippen LogP contribution < -0.4 is 5.32 Å². The van der Waals surface area contributed by atoms with E-state index in [9.17, 15) is 4.79 Å². The zero-order chi connectivity index (χ0) is 23.9. The Morgan fingerprint density at radius 2 is 1.97 bits per heavy atom. The number of rotatable bonds is 5. The molecule has 4 rings (SSSR count). The summed E-state index contributed by atoms with van der Waals surface area (Å²) < 4.78 is 42.0. The second kappa shape index (κ2) is 8.67. The predicted octanol–water partition coefficient (Wildman–Crippen LogP) is 5.50. The van der Waals surface area contributed by atoms with Crippen molar-refractivity contribution in [1.82, 2.24) is 9.88 Å². The van der Waals surface area contributed by atoms with Gasteiger partial charge in [-0.1, -0.05) is 25.1 Å². The van der Waals surface area contributed by atoms with Crippen molar-refractivity contribution in [2.75, 3.05) is 32.6 Å². The highest BCUT2D eigenvalue weighted by molar-refractivity contribution is 5.95. The van der Waals surface area contributed by atoms with E-state index >= 15 is 8.78 Å². The van der Waals surface area contributed by atoms with Gasteiger partial charge in [0.2, 0.25) is 0 Å². The van der Waals surface area contributed by atoms with E-state index in [0.717, 1.165) is 5.39 Å². The van der Waals surface area contributed by atoms with Gasteiger partial charge >= 0.3 is 6.16 Å². The number of halogens is 2. The third-order valence-corrected chi connectivity index (χ3v) is 6.17. The Balaban J connectivity index is 1.71. The van der Waals surface area contributed by atoms with Crippen LogP contribution in [0.25, 0.3) is 22.0 Å². The third-order valence-electron chi connectivity index (χ3n) is 6.17. The molecule has 0 saturated heterocycles. The number of aromatic amines is 1. The van der Waals surface area contributed by atoms with Gasteiger partial charge in [0.1, 0.15) is 24.3 Å². The molecule has 0 radical (unpaired) electrons. The lowest BCUT2D eigenvalue weighted by molar-refractivity contribution is -0.00871. The van der Waals surface area contributed by atoms with E-state index in [1.54, 1.807) is 25.3 Å². The average Bonchev–Trinajstić information content (AvgIpc) is 3.19. The number of ether oxygens (including phenoxy) is 2. The minimum Gasteiger partial charge on any atom is -0.433 e. The predicted molar refractivity (Wildman–Crippen MR) is 125 cm³/mol. The summed E-state index contributed by atoms with van der Waals surface area (Å²) in [6.07, 6.45) is 0.192. The van der Waals surface area contributed by atoms with E-state index in [4.69, 9.17) is 9.47 Å². The largest absolute Gasteiger partial charge is 0.508 e. The molecule has 0 aliphatic carbocycles. The van der Waals surface area contributed by atoms with E-state index in [0.29, 0.717) is 23.3 Å². The number of fused-ring (bicyclic) bond motifs is 2. The van der Waals surface area contributed by atoms with Crippen LogP contribution in [0.4, 0.5) is 19.3 Å². The van der Waals surface area contributed by atoms with Crippen molar-refractivity contribution in [3.63, 3.8) is 0 Å². The van der Waals surface area contributed by atoms with Gasteiger partial charge in [-0.2, -0.15) is 0 Å². The Morgan fingerprint density at radius 3 is 2.70 bits per heavy atom. The molecule has 2 N–H and O–H groups in total. The Kier molecular flexibility index (Phi) is 6.05. The van der Waals surface area contributed by atoms with Crippen LogP contribution >= 0.6 is 0 Å². The molecule has 3 aromatic rings. The Bertz CT molecular complexity index is 1190. The molecule has 2 atom stereocenters. The number of carbonyl (C=O) groups is 1. The summed E-state index contributed by atoms with van der Waals surface area (Å²) in [5, 5.41) is 4.02. The third kappa shape index (κ3) is 4.27. The van der Waals surface area contributed by atoms with E-state index in [1.165, 1.54) is 6.07 Å². The van der Waals surface area contributed by atoms with Crippen LogP contribution in [0, 0.1) is 11.6 Å². The maximum atomic E-state index is 16.0. The molecule has 0 amide bonds. The Labute approximate surface area is 191 Å². The van der Waals surface area contributed by atoms with E-state index in [2.05, 4.69) is 10.3 Å². The molecule has 2 unspecified atom stereocenters. The van der Waals surface area contributed by atoms with Crippen molar-refractivity contribution in [2.45, 2.75) is 38.3 Å². The molecule has 0 saturated carbocycles. The molecule has 0 bridgehead atoms. The standard InChI is InChI=1S/C25H29F2N3O3/c1-14-19-18(29-25(2,3)23(14)33-24(31)32-12-11-30(4)5)13-17(26)20(21(19)27)16-8-6-7-15-9-10-28-22(15)16/h6-10,13-14,23,28-29H,11-12H2,1-5H3. The molecule has 0 spiro atoms. The SMILES string of the molecule is CC1c2c(cc(F)c(-c3cccc4cc[nH]c34)c2F)NC(C)(C)C1OC(=O)OCCN(C)C. The first-order valence-corrected chi connectivity index (χ1v) is 10.9. The van der Waals surface area contributed by atoms with Crippen molar-refractivity contribution in [3.05, 3.63) is 53.7 Å². The molecule has 1 aliphatic rings. The quantitative estimate of drug-likeness (QED) is 0.495. The molecule has 176 valence electrons. The van der Waals surface area contributed by atoms with Crippen LogP contribution in [-0.2, 0) is 9.47 Å². The molecule has 8 heteroatoms. The highest BCUT2D eigenvalue weighted by Crippen LogP contribution is 2.46. The number of aromatic nitrogens is 1. The molecule has 2 heterocycles. The maximum absolute atomic E-state index is 16.0. The van der Waals surface area contributed by atoms with Gasteiger partial charge in [0.05, 0.1) is 16.6 Å². The van der Waals surface area contributed by atoms with Gasteiger partial charge in [0.25, 0.3) is 0 Å². The molecular weight excluding hydrogens is 428 g/mol. The monoisotopic (exact) mass is 457 g/mol. The summed E-state index contributed by atoms with van der Waals surface area (Å²) in [5.74, 6) is -1.87. The van der Waals surface area contributed by atoms with Gasteiger partial charge < -0.3 is 24.7 Å². The molecule has 0 fully saturated rings. The molecule has 6 nitrogen and oxygen atoms in total. The van der Waals surface area contributed by atoms with E-state index in [-0.39, 0.29) is 17.7 Å². The minimum atomic E-state index is -0.814. The lowest BCUT2D eigenvalue weighted by Gasteiger charge is -2.44. The van der Waals surface area contributed by atoms with Gasteiger partial charge in [-0.25, -0.2) is 13.6 Å². The van der Waals surface area contributed by atoms with E-state index < -0.39 is 35.4 Å². The molecular formula is C25H29F2N3O3. The first-order valence-electron chi connectivity index (χ1n) is 10.9. The first-order chi connectivity index (χ1) is 15.6. The lowest BCUT2D eigenvalue weighted by atomic mass is 9.77. The highest BCUT2D eigenvalue weighted by Gasteiger charge is 2.45. The molecule has 1 aliphatic heterocycles. The van der Waals surface area contributed by atoms with Crippen molar-refractivity contribution in [2.24, 2.45) is 0 Å². The van der Waals surface area contributed by atoms with Crippen molar-refractivity contribution in [1.29, 1.82) is 0 Å². The van der Waals surface area contributed by atoms with Crippen LogP contribution in [0.15, 0.2) is 36.5 Å². The van der Waals surface area contributed by atoms with Crippen molar-refractivity contribution < 1.29 is 23.0 Å². The molecule has 1 aromatic heterocycles. The number of nitrogens with one attached hydrogen (secondary N) is 2. The number of para-hydroxylation sites is 1. The van der Waals surface area contributed by atoms with Gasteiger partial charge in [0, 0.05) is 35.5 Å². The average molecular weight is 458 g/mol. The van der Waals surface area contributed by atoms with Gasteiger partial charge in [0.15, 0.2) is 0 Å². The smallest absolute Gasteiger partial charge is 0.433 e. The number of benzene rings is 2. The fraction of sp³-hybridized carbons (Fsp3) is 0.400. The summed E-state index contributed by atoms with van der Waals surface area (Å²) >= 11 is 0. The zero-order valence-electron chi connectivity index (χ0n) is 19.5. The van der Waals surface area contributed by atoms with Gasteiger partial charge in [-0.15, -0.1) is 0 Å². The number of hydrogen-bond acceptors (Lipinski definition) is 5. The number of hydrogen-bond donors (Lipinski definition) is 2. The summed E-state index contributed by atoms with van der Waals surface area (Å²) in [5.41, 5.74) is 0.845. The van der Waals surface area contributed by atoms with Gasteiger partial charge in [-0.3, -0.25) is 0 Å². The number of H-pyrrole nitrogens is 1. The lowest BCUT2D eigenvalue weighted by Crippen LogP contribution is -2.52. The topological polar surface area (TPSA) is 66.6 Å². The van der Waals surface area contributed by atoms with Crippen molar-refractivity contribution in [3.8, 4) is 11.1 Å². The van der Waals surface area contributed by atoms with Gasteiger partial charge in [-0.05, 0) is 45.5 Å². The Hall–Kier alpha value is -3.13. The van der Waals surface area contributed by atoms with Crippen LogP contribution in [0.1, 0.15) is 32.3 Å². The van der Waals surface area contributed by atoms with E-state index in [1.807, 2.05) is 45.0 Å². The Morgan fingerprint density at radius 1 is 1.21 bits per heavy atom. The second-order valence-corrected chi connectivity index (χ2v) is 9.33. The fourth-order valence-corrected chi connectivity index (χ4v) is 4.62. The maximum Gasteiger partial charge on any atom is 0.508 e.